The quantitative estimate of drug-likeness (QED) is 0.866. The maximum Gasteiger partial charge on any atom is 0.0544 e. The lowest BCUT2D eigenvalue weighted by molar-refractivity contribution is 0.316. The van der Waals surface area contributed by atoms with E-state index in [-0.39, 0.29) is 0 Å². The van der Waals surface area contributed by atoms with Gasteiger partial charge in [-0.05, 0) is 30.5 Å². The fourth-order valence-corrected chi connectivity index (χ4v) is 2.37. The van der Waals surface area contributed by atoms with Crippen molar-refractivity contribution >= 4 is 0 Å². The van der Waals surface area contributed by atoms with Crippen LogP contribution in [0.25, 0.3) is 0 Å². The van der Waals surface area contributed by atoms with E-state index in [9.17, 15) is 0 Å². The molecular weight excluding hydrogens is 222 g/mol. The van der Waals surface area contributed by atoms with Crippen molar-refractivity contribution in [1.82, 2.24) is 15.2 Å². The number of nitrogens with one attached hydrogen (secondary N) is 1. The number of rotatable bonds is 5. The summed E-state index contributed by atoms with van der Waals surface area (Å²) in [4.78, 5) is 7.06. The second-order valence-electron chi connectivity index (χ2n) is 5.82. The van der Waals surface area contributed by atoms with Gasteiger partial charge in [-0.15, -0.1) is 0 Å². The van der Waals surface area contributed by atoms with Crippen LogP contribution in [-0.2, 0) is 13.1 Å². The van der Waals surface area contributed by atoms with E-state index in [0.29, 0.717) is 6.04 Å². The first-order valence-corrected chi connectivity index (χ1v) is 7.03. The van der Waals surface area contributed by atoms with Crippen LogP contribution in [0.5, 0.6) is 0 Å². The van der Waals surface area contributed by atoms with Crippen LogP contribution in [0.15, 0.2) is 18.3 Å². The average Bonchev–Trinajstić information content (AvgIpc) is 2.74. The van der Waals surface area contributed by atoms with E-state index in [1.54, 1.807) is 0 Å². The summed E-state index contributed by atoms with van der Waals surface area (Å²) in [6.07, 6.45) is 3.33. The highest BCUT2D eigenvalue weighted by Gasteiger charge is 2.18. The van der Waals surface area contributed by atoms with Crippen LogP contribution >= 0.6 is 0 Å². The Balaban J connectivity index is 1.83. The van der Waals surface area contributed by atoms with Crippen molar-refractivity contribution in [3.63, 3.8) is 0 Å². The highest BCUT2D eigenvalue weighted by molar-refractivity contribution is 5.14. The van der Waals surface area contributed by atoms with Gasteiger partial charge in [-0.2, -0.15) is 0 Å². The first-order chi connectivity index (χ1) is 8.63. The van der Waals surface area contributed by atoms with Crippen LogP contribution in [0.1, 0.15) is 38.4 Å². The van der Waals surface area contributed by atoms with Gasteiger partial charge in [0.15, 0.2) is 0 Å². The number of hydrogen-bond donors (Lipinski definition) is 1. The van der Waals surface area contributed by atoms with Crippen LogP contribution in [0.3, 0.4) is 0 Å². The molecule has 18 heavy (non-hydrogen) atoms. The third-order valence-corrected chi connectivity index (χ3v) is 3.49. The Morgan fingerprint density at radius 3 is 2.83 bits per heavy atom. The smallest absolute Gasteiger partial charge is 0.0544 e. The Morgan fingerprint density at radius 2 is 2.28 bits per heavy atom. The van der Waals surface area contributed by atoms with Gasteiger partial charge in [-0.25, -0.2) is 0 Å². The maximum atomic E-state index is 4.56. The molecule has 0 aromatic carbocycles. The molecule has 100 valence electrons. The molecule has 3 heteroatoms. The highest BCUT2D eigenvalue weighted by Crippen LogP contribution is 2.17. The van der Waals surface area contributed by atoms with Gasteiger partial charge < -0.3 is 5.32 Å². The number of pyridine rings is 1. The summed E-state index contributed by atoms with van der Waals surface area (Å²) in [6, 6.07) is 4.88. The molecule has 0 aliphatic carbocycles. The molecule has 1 atom stereocenters. The normalized spacial score (nSPS) is 20.8. The summed E-state index contributed by atoms with van der Waals surface area (Å²) in [5.74, 6) is 0.847. The van der Waals surface area contributed by atoms with Crippen LogP contribution in [0.2, 0.25) is 0 Å². The van der Waals surface area contributed by atoms with Crippen molar-refractivity contribution < 1.29 is 0 Å². The lowest BCUT2D eigenvalue weighted by atomic mass is 10.2. The Morgan fingerprint density at radius 1 is 1.44 bits per heavy atom. The fourth-order valence-electron chi connectivity index (χ4n) is 2.37. The van der Waals surface area contributed by atoms with Crippen molar-refractivity contribution in [2.24, 2.45) is 5.92 Å². The molecule has 2 rings (SSSR count). The maximum absolute atomic E-state index is 4.56. The Labute approximate surface area is 111 Å². The van der Waals surface area contributed by atoms with Gasteiger partial charge >= 0.3 is 0 Å². The molecule has 1 aliphatic heterocycles. The molecule has 1 unspecified atom stereocenters. The second kappa shape index (κ2) is 6.30. The molecule has 0 radical (unpaired) electrons. The number of hydrogen-bond acceptors (Lipinski definition) is 3. The summed E-state index contributed by atoms with van der Waals surface area (Å²) in [5.41, 5.74) is 2.46. The fraction of sp³-hybridized carbons (Fsp3) is 0.667. The predicted molar refractivity (Wildman–Crippen MR) is 75.3 cm³/mol. The van der Waals surface area contributed by atoms with Gasteiger partial charge in [0.25, 0.3) is 0 Å². The third kappa shape index (κ3) is 4.07. The van der Waals surface area contributed by atoms with Crippen LogP contribution in [-0.4, -0.2) is 29.0 Å². The van der Waals surface area contributed by atoms with Gasteiger partial charge in [-0.1, -0.05) is 26.8 Å². The standard InChI is InChI=1S/C15H25N3/c1-12(2)16-8-14-4-5-15(17-9-14)11-18-7-6-13(3)10-18/h4-5,9,12-13,16H,6-8,10-11H2,1-3H3. The van der Waals surface area contributed by atoms with Crippen molar-refractivity contribution in [2.45, 2.75) is 46.3 Å². The molecule has 1 aliphatic rings. The minimum absolute atomic E-state index is 0.524. The van der Waals surface area contributed by atoms with E-state index in [1.165, 1.54) is 30.8 Å². The SMILES string of the molecule is CC1CCN(Cc2ccc(CNC(C)C)cn2)C1. The average molecular weight is 247 g/mol. The van der Waals surface area contributed by atoms with Crippen molar-refractivity contribution in [2.75, 3.05) is 13.1 Å². The summed E-state index contributed by atoms with van der Waals surface area (Å²) < 4.78 is 0. The van der Waals surface area contributed by atoms with Crippen LogP contribution in [0, 0.1) is 5.92 Å². The predicted octanol–water partition coefficient (Wildman–Crippen LogP) is 2.42. The summed E-state index contributed by atoms with van der Waals surface area (Å²) in [5, 5.41) is 3.41. The number of likely N-dealkylation sites (tertiary alicyclic amines) is 1. The van der Waals surface area contributed by atoms with Gasteiger partial charge in [0.2, 0.25) is 0 Å². The van der Waals surface area contributed by atoms with Gasteiger partial charge in [0.1, 0.15) is 0 Å². The molecule has 1 aromatic rings. The molecule has 0 amide bonds. The summed E-state index contributed by atoms with van der Waals surface area (Å²) >= 11 is 0. The van der Waals surface area contributed by atoms with Crippen molar-refractivity contribution in [3.05, 3.63) is 29.6 Å². The second-order valence-corrected chi connectivity index (χ2v) is 5.82. The third-order valence-electron chi connectivity index (χ3n) is 3.49. The lowest BCUT2D eigenvalue weighted by Gasteiger charge is -2.15. The van der Waals surface area contributed by atoms with Crippen molar-refractivity contribution in [3.8, 4) is 0 Å². The van der Waals surface area contributed by atoms with Gasteiger partial charge in [-0.3, -0.25) is 9.88 Å². The largest absolute Gasteiger partial charge is 0.310 e. The topological polar surface area (TPSA) is 28.2 Å². The zero-order chi connectivity index (χ0) is 13.0. The van der Waals surface area contributed by atoms with E-state index >= 15 is 0 Å². The number of aromatic nitrogens is 1. The molecular formula is C15H25N3. The highest BCUT2D eigenvalue weighted by atomic mass is 15.1. The molecule has 0 spiro atoms. The Hall–Kier alpha value is -0.930. The zero-order valence-corrected chi connectivity index (χ0v) is 11.8. The summed E-state index contributed by atoms with van der Waals surface area (Å²) in [6.45, 7) is 11.0. The Kier molecular flexibility index (Phi) is 4.72. The molecule has 1 N–H and O–H groups in total. The summed E-state index contributed by atoms with van der Waals surface area (Å²) in [7, 11) is 0. The van der Waals surface area contributed by atoms with Crippen molar-refractivity contribution in [1.29, 1.82) is 0 Å². The molecule has 0 bridgehead atoms. The molecule has 2 heterocycles. The molecule has 1 aromatic heterocycles. The van der Waals surface area contributed by atoms with Gasteiger partial charge in [0, 0.05) is 31.9 Å². The molecule has 1 fully saturated rings. The minimum Gasteiger partial charge on any atom is -0.310 e. The first kappa shape index (κ1) is 13.5. The van der Waals surface area contributed by atoms with Crippen LogP contribution in [0.4, 0.5) is 0 Å². The number of nitrogens with zero attached hydrogens (tertiary/aromatic N) is 2. The lowest BCUT2D eigenvalue weighted by Crippen LogP contribution is -2.22. The molecule has 0 saturated carbocycles. The van der Waals surface area contributed by atoms with E-state index in [2.05, 4.69) is 48.1 Å². The van der Waals surface area contributed by atoms with Crippen LogP contribution < -0.4 is 5.32 Å². The minimum atomic E-state index is 0.524. The van der Waals surface area contributed by atoms with E-state index in [4.69, 9.17) is 0 Å². The van der Waals surface area contributed by atoms with Gasteiger partial charge in [0.05, 0.1) is 5.69 Å². The monoisotopic (exact) mass is 247 g/mol. The zero-order valence-electron chi connectivity index (χ0n) is 11.8. The van der Waals surface area contributed by atoms with E-state index in [1.807, 2.05) is 6.20 Å². The first-order valence-electron chi connectivity index (χ1n) is 7.03. The van der Waals surface area contributed by atoms with E-state index < -0.39 is 0 Å². The molecule has 3 nitrogen and oxygen atoms in total. The molecule has 1 saturated heterocycles. The Bertz CT molecular complexity index is 359. The van der Waals surface area contributed by atoms with E-state index in [0.717, 1.165) is 19.0 Å².